The van der Waals surface area contributed by atoms with Crippen molar-refractivity contribution in [2.45, 2.75) is 57.7 Å². The third-order valence-corrected chi connectivity index (χ3v) is 7.06. The number of aromatic nitrogens is 4. The summed E-state index contributed by atoms with van der Waals surface area (Å²) >= 11 is 0. The van der Waals surface area contributed by atoms with Crippen LogP contribution in [0.3, 0.4) is 0 Å². The molecule has 1 aliphatic heterocycles. The highest BCUT2D eigenvalue weighted by Crippen LogP contribution is 2.21. The van der Waals surface area contributed by atoms with Gasteiger partial charge >= 0.3 is 0 Å². The topological polar surface area (TPSA) is 187 Å². The minimum atomic E-state index is -0.984. The first kappa shape index (κ1) is 27.6. The number of para-hydroxylation sites is 1. The van der Waals surface area contributed by atoms with Gasteiger partial charge in [0.15, 0.2) is 5.69 Å². The molecule has 214 valence electrons. The zero-order valence-electron chi connectivity index (χ0n) is 22.7. The van der Waals surface area contributed by atoms with Crippen molar-refractivity contribution in [1.29, 1.82) is 0 Å². The molecule has 13 nitrogen and oxygen atoms in total. The smallest absolute Gasteiger partial charge is 0.273 e. The summed E-state index contributed by atoms with van der Waals surface area (Å²) in [4.78, 5) is 66.8. The van der Waals surface area contributed by atoms with Gasteiger partial charge in [-0.2, -0.15) is 0 Å². The van der Waals surface area contributed by atoms with Crippen LogP contribution >= 0.6 is 0 Å². The van der Waals surface area contributed by atoms with Gasteiger partial charge in [-0.25, -0.2) is 9.97 Å². The lowest BCUT2D eigenvalue weighted by Crippen LogP contribution is -2.54. The summed E-state index contributed by atoms with van der Waals surface area (Å²) in [5, 5.41) is 12.2. The Labute approximate surface area is 235 Å². The Morgan fingerprint density at radius 1 is 1.10 bits per heavy atom. The van der Waals surface area contributed by atoms with Crippen LogP contribution in [-0.4, -0.2) is 62.2 Å². The average Bonchev–Trinajstić information content (AvgIpc) is 3.72. The van der Waals surface area contributed by atoms with Crippen LogP contribution in [0.25, 0.3) is 10.9 Å². The number of hydrogen-bond donors (Lipinski definition) is 6. The van der Waals surface area contributed by atoms with E-state index in [-0.39, 0.29) is 36.0 Å². The van der Waals surface area contributed by atoms with E-state index < -0.39 is 35.8 Å². The minimum Gasteiger partial charge on any atom is -0.443 e. The van der Waals surface area contributed by atoms with E-state index in [1.807, 2.05) is 30.5 Å². The summed E-state index contributed by atoms with van der Waals surface area (Å²) in [6.07, 6.45) is 6.09. The molecule has 0 aliphatic carbocycles. The zero-order chi connectivity index (χ0) is 28.9. The fourth-order valence-electron chi connectivity index (χ4n) is 4.83. The highest BCUT2D eigenvalue weighted by molar-refractivity contribution is 5.97. The number of aryl methyl sites for hydroxylation is 1. The quantitative estimate of drug-likeness (QED) is 0.220. The molecule has 0 spiro atoms. The number of fused-ring (bicyclic) bond motifs is 3. The van der Waals surface area contributed by atoms with Crippen molar-refractivity contribution < 1.29 is 23.6 Å². The molecule has 0 unspecified atom stereocenters. The van der Waals surface area contributed by atoms with Gasteiger partial charge in [0.25, 0.3) is 11.8 Å². The molecule has 3 atom stereocenters. The first-order chi connectivity index (χ1) is 19.8. The van der Waals surface area contributed by atoms with Crippen LogP contribution < -0.4 is 21.3 Å². The summed E-state index contributed by atoms with van der Waals surface area (Å²) in [5.74, 6) is -1.34. The minimum absolute atomic E-state index is 0.154. The van der Waals surface area contributed by atoms with Crippen LogP contribution in [-0.2, 0) is 16.0 Å². The largest absolute Gasteiger partial charge is 0.443 e. The van der Waals surface area contributed by atoms with Crippen LogP contribution in [0.15, 0.2) is 47.4 Å². The number of nitrogens with one attached hydrogen (secondary N) is 6. The van der Waals surface area contributed by atoms with Crippen molar-refractivity contribution in [2.24, 2.45) is 0 Å². The van der Waals surface area contributed by atoms with E-state index in [1.165, 1.54) is 12.5 Å². The van der Waals surface area contributed by atoms with Gasteiger partial charge in [-0.1, -0.05) is 18.2 Å². The number of carbonyl (C=O) groups excluding carboxylic acids is 4. The summed E-state index contributed by atoms with van der Waals surface area (Å²) in [5.41, 5.74) is 2.11. The maximum absolute atomic E-state index is 13.6. The Morgan fingerprint density at radius 2 is 1.93 bits per heavy atom. The monoisotopic (exact) mass is 560 g/mol. The van der Waals surface area contributed by atoms with E-state index in [2.05, 4.69) is 41.2 Å². The van der Waals surface area contributed by atoms with Crippen LogP contribution in [0.5, 0.6) is 0 Å². The number of aromatic amines is 2. The predicted octanol–water partition coefficient (Wildman–Crippen LogP) is 1.80. The molecule has 0 saturated heterocycles. The molecule has 3 aromatic heterocycles. The normalized spacial score (nSPS) is 20.7. The molecule has 5 rings (SSSR count). The SMILES string of the molecule is Cc1oc2nc1C(=O)NCCCC[C@H](NC(=O)c1cnc[nH]1)C(=O)N[C@H](Cc1c[nH]c3ccccc13)C(=O)N[C@@H]2C. The summed E-state index contributed by atoms with van der Waals surface area (Å²) in [7, 11) is 0. The highest BCUT2D eigenvalue weighted by Gasteiger charge is 2.30. The summed E-state index contributed by atoms with van der Waals surface area (Å²) in [6.45, 7) is 3.67. The Hall–Kier alpha value is -4.94. The second-order valence-electron chi connectivity index (χ2n) is 10.1. The molecular formula is C28H32N8O5. The highest BCUT2D eigenvalue weighted by atomic mass is 16.4. The lowest BCUT2D eigenvalue weighted by molar-refractivity contribution is -0.130. The van der Waals surface area contributed by atoms with E-state index in [1.54, 1.807) is 13.8 Å². The second kappa shape index (κ2) is 12.1. The number of amides is 4. The van der Waals surface area contributed by atoms with E-state index in [9.17, 15) is 19.2 Å². The fourth-order valence-corrected chi connectivity index (χ4v) is 4.83. The second-order valence-corrected chi connectivity index (χ2v) is 10.1. The van der Waals surface area contributed by atoms with Crippen LogP contribution in [0.4, 0.5) is 0 Å². The standard InChI is InChI=1S/C28H32N8O5/c1-15-28-36-23(16(2)41-28)27(40)30-10-6-5-9-20(34-26(39)22-13-29-14-32-22)24(37)35-21(25(38)33-15)11-17-12-31-19-8-4-3-7-18(17)19/h3-4,7-8,12-15,20-21,31H,5-6,9-11H2,1-2H3,(H,29,32)(H,30,40)(H,33,38)(H,34,39)(H,35,37)/t15-,20+,21-/m1/s1. The van der Waals surface area contributed by atoms with Gasteiger partial charge in [0, 0.05) is 30.1 Å². The zero-order valence-corrected chi connectivity index (χ0v) is 22.7. The molecule has 4 heterocycles. The molecule has 2 bridgehead atoms. The van der Waals surface area contributed by atoms with E-state index in [0.717, 1.165) is 16.5 Å². The number of imidazole rings is 1. The van der Waals surface area contributed by atoms with E-state index in [4.69, 9.17) is 4.42 Å². The van der Waals surface area contributed by atoms with Crippen LogP contribution in [0, 0.1) is 6.92 Å². The van der Waals surface area contributed by atoms with Crippen LogP contribution in [0.1, 0.15) is 70.4 Å². The van der Waals surface area contributed by atoms with Gasteiger partial charge in [-0.05, 0) is 44.7 Å². The molecule has 0 saturated carbocycles. The van der Waals surface area contributed by atoms with Crippen molar-refractivity contribution in [2.75, 3.05) is 6.54 Å². The maximum atomic E-state index is 13.6. The molecule has 0 fully saturated rings. The molecule has 4 aromatic rings. The molecular weight excluding hydrogens is 528 g/mol. The summed E-state index contributed by atoms with van der Waals surface area (Å²) in [6, 6.07) is 5.08. The number of rotatable bonds is 4. The maximum Gasteiger partial charge on any atom is 0.273 e. The molecule has 0 radical (unpaired) electrons. The van der Waals surface area contributed by atoms with Crippen molar-refractivity contribution >= 4 is 34.5 Å². The predicted molar refractivity (Wildman–Crippen MR) is 148 cm³/mol. The third kappa shape index (κ3) is 6.29. The Morgan fingerprint density at radius 3 is 2.73 bits per heavy atom. The Bertz CT molecular complexity index is 1560. The first-order valence-corrected chi connectivity index (χ1v) is 13.5. The first-order valence-electron chi connectivity index (χ1n) is 13.5. The van der Waals surface area contributed by atoms with Crippen molar-refractivity contribution in [3.05, 3.63) is 71.6 Å². The fraction of sp³-hybridized carbons (Fsp3) is 0.357. The number of H-pyrrole nitrogens is 2. The van der Waals surface area contributed by atoms with Crippen molar-refractivity contribution in [3.63, 3.8) is 0 Å². The molecule has 1 aliphatic rings. The molecule has 4 amide bonds. The van der Waals surface area contributed by atoms with Gasteiger partial charge in [-0.15, -0.1) is 0 Å². The molecule has 13 heteroatoms. The Balaban J connectivity index is 1.44. The van der Waals surface area contributed by atoms with E-state index >= 15 is 0 Å². The third-order valence-electron chi connectivity index (χ3n) is 7.06. The van der Waals surface area contributed by atoms with Gasteiger partial charge in [-0.3, -0.25) is 19.2 Å². The number of oxazole rings is 1. The van der Waals surface area contributed by atoms with E-state index in [0.29, 0.717) is 25.1 Å². The van der Waals surface area contributed by atoms with Gasteiger partial charge < -0.3 is 35.7 Å². The van der Waals surface area contributed by atoms with Gasteiger partial charge in [0.2, 0.25) is 17.7 Å². The van der Waals surface area contributed by atoms with Crippen molar-refractivity contribution in [1.82, 2.24) is 41.2 Å². The molecule has 41 heavy (non-hydrogen) atoms. The average molecular weight is 561 g/mol. The Kier molecular flexibility index (Phi) is 8.13. The number of carbonyl (C=O) groups is 4. The molecule has 6 N–H and O–H groups in total. The van der Waals surface area contributed by atoms with Gasteiger partial charge in [0.05, 0.1) is 12.5 Å². The molecule has 1 aromatic carbocycles. The summed E-state index contributed by atoms with van der Waals surface area (Å²) < 4.78 is 5.70. The lowest BCUT2D eigenvalue weighted by atomic mass is 10.0. The number of hydrogen-bond acceptors (Lipinski definition) is 7. The van der Waals surface area contributed by atoms with Crippen molar-refractivity contribution in [3.8, 4) is 0 Å². The number of nitrogens with zero attached hydrogens (tertiary/aromatic N) is 2. The van der Waals surface area contributed by atoms with Crippen LogP contribution in [0.2, 0.25) is 0 Å². The number of benzene rings is 1. The lowest BCUT2D eigenvalue weighted by Gasteiger charge is -2.24. The van der Waals surface area contributed by atoms with Gasteiger partial charge in [0.1, 0.15) is 29.6 Å².